The van der Waals surface area contributed by atoms with Gasteiger partial charge in [-0.25, -0.2) is 4.98 Å². The Morgan fingerprint density at radius 2 is 2.05 bits per heavy atom. The van der Waals surface area contributed by atoms with Crippen LogP contribution in [0.3, 0.4) is 0 Å². The van der Waals surface area contributed by atoms with Gasteiger partial charge in [-0.3, -0.25) is 0 Å². The lowest BCUT2D eigenvalue weighted by Gasteiger charge is -2.05. The zero-order valence-corrected chi connectivity index (χ0v) is 13.1. The standard InChI is InChI=1S/C16H20N2O2S/c1-9(2)15-14(8-17-11-4-5-11)21-16(18-15)10-3-6-12(19)13(20)7-10/h3,6-7,9,11,17,19-20H,4-5,8H2,1-2H3. The molecule has 21 heavy (non-hydrogen) atoms. The fourth-order valence-corrected chi connectivity index (χ4v) is 3.41. The molecule has 0 saturated heterocycles. The molecule has 1 saturated carbocycles. The largest absolute Gasteiger partial charge is 0.504 e. The Balaban J connectivity index is 1.90. The minimum Gasteiger partial charge on any atom is -0.504 e. The predicted molar refractivity (Wildman–Crippen MR) is 84.8 cm³/mol. The lowest BCUT2D eigenvalue weighted by Crippen LogP contribution is -2.15. The summed E-state index contributed by atoms with van der Waals surface area (Å²) in [4.78, 5) is 6.00. The molecule has 4 nitrogen and oxygen atoms in total. The molecule has 0 atom stereocenters. The van der Waals surface area contributed by atoms with Crippen molar-refractivity contribution >= 4 is 11.3 Å². The van der Waals surface area contributed by atoms with Crippen LogP contribution in [-0.2, 0) is 6.54 Å². The molecule has 0 amide bonds. The summed E-state index contributed by atoms with van der Waals surface area (Å²) in [6, 6.07) is 5.53. The third-order valence-electron chi connectivity index (χ3n) is 3.63. The number of aromatic nitrogens is 1. The molecule has 3 rings (SSSR count). The first-order chi connectivity index (χ1) is 10.0. The van der Waals surface area contributed by atoms with Crippen molar-refractivity contribution in [2.75, 3.05) is 0 Å². The second-order valence-corrected chi connectivity index (χ2v) is 6.92. The number of benzene rings is 1. The van der Waals surface area contributed by atoms with Gasteiger partial charge in [-0.1, -0.05) is 13.8 Å². The number of thiazole rings is 1. The molecule has 1 heterocycles. The molecule has 0 spiro atoms. The summed E-state index contributed by atoms with van der Waals surface area (Å²) in [6.45, 7) is 5.15. The van der Waals surface area contributed by atoms with E-state index in [9.17, 15) is 10.2 Å². The van der Waals surface area contributed by atoms with E-state index < -0.39 is 0 Å². The van der Waals surface area contributed by atoms with Gasteiger partial charge in [0.25, 0.3) is 0 Å². The van der Waals surface area contributed by atoms with Crippen LogP contribution in [0.25, 0.3) is 10.6 Å². The summed E-state index contributed by atoms with van der Waals surface area (Å²) >= 11 is 1.66. The van der Waals surface area contributed by atoms with Crippen LogP contribution in [0.15, 0.2) is 18.2 Å². The summed E-state index contributed by atoms with van der Waals surface area (Å²) in [5.74, 6) is 0.165. The van der Waals surface area contributed by atoms with Crippen LogP contribution in [-0.4, -0.2) is 21.2 Å². The van der Waals surface area contributed by atoms with Gasteiger partial charge in [0, 0.05) is 23.0 Å². The Morgan fingerprint density at radius 1 is 1.29 bits per heavy atom. The number of nitrogens with one attached hydrogen (secondary N) is 1. The van der Waals surface area contributed by atoms with Crippen molar-refractivity contribution in [3.63, 3.8) is 0 Å². The Hall–Kier alpha value is -1.59. The number of hydrogen-bond acceptors (Lipinski definition) is 5. The van der Waals surface area contributed by atoms with Gasteiger partial charge >= 0.3 is 0 Å². The Morgan fingerprint density at radius 3 is 2.67 bits per heavy atom. The van der Waals surface area contributed by atoms with Gasteiger partial charge in [-0.2, -0.15) is 0 Å². The van der Waals surface area contributed by atoms with Crippen LogP contribution in [0.2, 0.25) is 0 Å². The van der Waals surface area contributed by atoms with E-state index in [2.05, 4.69) is 19.2 Å². The molecule has 3 N–H and O–H groups in total. The molecule has 1 aliphatic rings. The molecule has 112 valence electrons. The van der Waals surface area contributed by atoms with Crippen molar-refractivity contribution in [3.8, 4) is 22.1 Å². The Kier molecular flexibility index (Phi) is 3.87. The summed E-state index contributed by atoms with van der Waals surface area (Å²) in [5.41, 5.74) is 1.96. The molecule has 0 aliphatic heterocycles. The van der Waals surface area contributed by atoms with Crippen molar-refractivity contribution in [2.24, 2.45) is 0 Å². The third kappa shape index (κ3) is 3.19. The van der Waals surface area contributed by atoms with E-state index in [-0.39, 0.29) is 11.5 Å². The molecule has 1 aliphatic carbocycles. The fourth-order valence-electron chi connectivity index (χ4n) is 2.25. The van der Waals surface area contributed by atoms with E-state index in [1.165, 1.54) is 23.8 Å². The second-order valence-electron chi connectivity index (χ2n) is 5.84. The minimum atomic E-state index is -0.105. The maximum absolute atomic E-state index is 9.65. The van der Waals surface area contributed by atoms with E-state index >= 15 is 0 Å². The lowest BCUT2D eigenvalue weighted by molar-refractivity contribution is 0.404. The molecule has 0 unspecified atom stereocenters. The first-order valence-corrected chi connectivity index (χ1v) is 8.11. The average Bonchev–Trinajstić information content (AvgIpc) is 3.17. The van der Waals surface area contributed by atoms with Crippen molar-refractivity contribution in [2.45, 2.75) is 45.2 Å². The number of rotatable bonds is 5. The molecule has 5 heteroatoms. The van der Waals surface area contributed by atoms with Crippen LogP contribution in [0.1, 0.15) is 43.2 Å². The van der Waals surface area contributed by atoms with Gasteiger partial charge in [-0.15, -0.1) is 11.3 Å². The predicted octanol–water partition coefficient (Wildman–Crippen LogP) is 3.60. The summed E-state index contributed by atoms with van der Waals surface area (Å²) in [6.07, 6.45) is 2.54. The summed E-state index contributed by atoms with van der Waals surface area (Å²) in [7, 11) is 0. The fraction of sp³-hybridized carbons (Fsp3) is 0.438. The number of nitrogens with zero attached hydrogens (tertiary/aromatic N) is 1. The quantitative estimate of drug-likeness (QED) is 0.739. The molecule has 1 aromatic heterocycles. The van der Waals surface area contributed by atoms with Gasteiger partial charge in [0.1, 0.15) is 5.01 Å². The monoisotopic (exact) mass is 304 g/mol. The Bertz CT molecular complexity index is 648. The van der Waals surface area contributed by atoms with Crippen LogP contribution >= 0.6 is 11.3 Å². The Labute approximate surface area is 128 Å². The smallest absolute Gasteiger partial charge is 0.158 e. The number of phenolic OH excluding ortho intramolecular Hbond substituents is 2. The second kappa shape index (κ2) is 5.66. The van der Waals surface area contributed by atoms with Crippen molar-refractivity contribution in [1.29, 1.82) is 0 Å². The van der Waals surface area contributed by atoms with E-state index in [1.807, 2.05) is 0 Å². The highest BCUT2D eigenvalue weighted by Crippen LogP contribution is 2.36. The van der Waals surface area contributed by atoms with Gasteiger partial charge in [0.15, 0.2) is 11.5 Å². The SMILES string of the molecule is CC(C)c1nc(-c2ccc(O)c(O)c2)sc1CNC1CC1. The topological polar surface area (TPSA) is 65.4 Å². The summed E-state index contributed by atoms with van der Waals surface area (Å²) in [5, 5.41) is 23.5. The van der Waals surface area contributed by atoms with Crippen LogP contribution in [0.4, 0.5) is 0 Å². The molecule has 1 aromatic carbocycles. The number of hydrogen-bond donors (Lipinski definition) is 3. The first-order valence-electron chi connectivity index (χ1n) is 7.30. The maximum Gasteiger partial charge on any atom is 0.158 e. The molecule has 1 fully saturated rings. The molecular formula is C16H20N2O2S. The zero-order valence-electron chi connectivity index (χ0n) is 12.3. The van der Waals surface area contributed by atoms with Crippen LogP contribution < -0.4 is 5.32 Å². The molecule has 2 aromatic rings. The van der Waals surface area contributed by atoms with Crippen molar-refractivity contribution in [3.05, 3.63) is 28.8 Å². The highest BCUT2D eigenvalue weighted by molar-refractivity contribution is 7.15. The molecule has 0 radical (unpaired) electrons. The minimum absolute atomic E-state index is 0.102. The maximum atomic E-state index is 9.65. The van der Waals surface area contributed by atoms with Gasteiger partial charge in [-0.05, 0) is 37.0 Å². The highest BCUT2D eigenvalue weighted by Gasteiger charge is 2.22. The number of phenols is 2. The van der Waals surface area contributed by atoms with E-state index in [0.29, 0.717) is 12.0 Å². The zero-order chi connectivity index (χ0) is 15.0. The van der Waals surface area contributed by atoms with Crippen molar-refractivity contribution < 1.29 is 10.2 Å². The summed E-state index contributed by atoms with van der Waals surface area (Å²) < 4.78 is 0. The van der Waals surface area contributed by atoms with E-state index in [4.69, 9.17) is 4.98 Å². The normalized spacial score (nSPS) is 14.8. The van der Waals surface area contributed by atoms with E-state index in [0.717, 1.165) is 22.8 Å². The van der Waals surface area contributed by atoms with Crippen LogP contribution in [0.5, 0.6) is 11.5 Å². The third-order valence-corrected chi connectivity index (χ3v) is 4.75. The van der Waals surface area contributed by atoms with Crippen molar-refractivity contribution in [1.82, 2.24) is 10.3 Å². The average molecular weight is 304 g/mol. The first kappa shape index (κ1) is 14.4. The van der Waals surface area contributed by atoms with Crippen LogP contribution in [0, 0.1) is 0 Å². The van der Waals surface area contributed by atoms with Gasteiger partial charge in [0.2, 0.25) is 0 Å². The van der Waals surface area contributed by atoms with Gasteiger partial charge < -0.3 is 15.5 Å². The molecule has 0 bridgehead atoms. The molecular weight excluding hydrogens is 284 g/mol. The highest BCUT2D eigenvalue weighted by atomic mass is 32.1. The lowest BCUT2D eigenvalue weighted by atomic mass is 10.1. The van der Waals surface area contributed by atoms with E-state index in [1.54, 1.807) is 23.5 Å². The van der Waals surface area contributed by atoms with Gasteiger partial charge in [0.05, 0.1) is 5.69 Å². The number of aromatic hydroxyl groups is 2.